The third-order valence-corrected chi connectivity index (χ3v) is 5.64. The van der Waals surface area contributed by atoms with Crippen molar-refractivity contribution in [1.29, 1.82) is 5.26 Å². The van der Waals surface area contributed by atoms with Gasteiger partial charge >= 0.3 is 0 Å². The van der Waals surface area contributed by atoms with Gasteiger partial charge in [-0.2, -0.15) is 5.26 Å². The van der Waals surface area contributed by atoms with Crippen molar-refractivity contribution in [2.75, 3.05) is 24.6 Å². The molecule has 2 aromatic carbocycles. The summed E-state index contributed by atoms with van der Waals surface area (Å²) in [7, 11) is 0. The van der Waals surface area contributed by atoms with Gasteiger partial charge in [0, 0.05) is 17.6 Å². The van der Waals surface area contributed by atoms with Crippen LogP contribution in [-0.4, -0.2) is 24.7 Å². The molecule has 1 aliphatic heterocycles. The van der Waals surface area contributed by atoms with E-state index in [0.717, 1.165) is 42.5 Å². The van der Waals surface area contributed by atoms with Crippen molar-refractivity contribution in [1.82, 2.24) is 4.98 Å². The number of fused-ring (bicyclic) bond motifs is 3. The van der Waals surface area contributed by atoms with E-state index < -0.39 is 0 Å². The summed E-state index contributed by atoms with van der Waals surface area (Å²) in [6, 6.07) is 20.8. The number of aromatic nitrogens is 1. The van der Waals surface area contributed by atoms with Crippen molar-refractivity contribution in [3.05, 3.63) is 71.4 Å². The molecule has 0 bridgehead atoms. The van der Waals surface area contributed by atoms with Crippen LogP contribution in [0.3, 0.4) is 0 Å². The Balaban J connectivity index is 1.60. The largest absolute Gasteiger partial charge is 0.367 e. The van der Waals surface area contributed by atoms with Gasteiger partial charge in [0.2, 0.25) is 0 Å². The first-order valence-electron chi connectivity index (χ1n) is 9.06. The Morgan fingerprint density at radius 2 is 1.96 bits per heavy atom. The van der Waals surface area contributed by atoms with E-state index in [1.54, 1.807) is 0 Å². The number of ether oxygens (including phenoxy) is 1. The van der Waals surface area contributed by atoms with Gasteiger partial charge in [-0.3, -0.25) is 0 Å². The van der Waals surface area contributed by atoms with Crippen LogP contribution in [0.2, 0.25) is 0 Å². The van der Waals surface area contributed by atoms with E-state index in [1.807, 2.05) is 24.3 Å². The van der Waals surface area contributed by atoms with E-state index in [4.69, 9.17) is 4.74 Å². The van der Waals surface area contributed by atoms with E-state index in [1.165, 1.54) is 11.1 Å². The third kappa shape index (κ3) is 2.28. The van der Waals surface area contributed by atoms with Crippen molar-refractivity contribution in [2.24, 2.45) is 0 Å². The zero-order valence-corrected chi connectivity index (χ0v) is 14.5. The van der Waals surface area contributed by atoms with Crippen molar-refractivity contribution < 1.29 is 4.74 Å². The highest BCUT2D eigenvalue weighted by Gasteiger charge is 2.43. The van der Waals surface area contributed by atoms with Crippen molar-refractivity contribution >= 4 is 16.6 Å². The number of benzene rings is 2. The molecule has 1 unspecified atom stereocenters. The van der Waals surface area contributed by atoms with Gasteiger partial charge in [-0.1, -0.05) is 42.5 Å². The molecule has 0 radical (unpaired) electrons. The second-order valence-electron chi connectivity index (χ2n) is 7.08. The molecule has 1 spiro atoms. The molecule has 4 heteroatoms. The van der Waals surface area contributed by atoms with Gasteiger partial charge in [0.1, 0.15) is 17.4 Å². The topological polar surface area (TPSA) is 49.2 Å². The monoisotopic (exact) mass is 341 g/mol. The fraction of sp³-hybridized carbons (Fsp3) is 0.273. The minimum absolute atomic E-state index is 0.244. The highest BCUT2D eigenvalue weighted by Crippen LogP contribution is 2.43. The lowest BCUT2D eigenvalue weighted by atomic mass is 9.93. The summed E-state index contributed by atoms with van der Waals surface area (Å²) < 4.78 is 6.35. The number of hydrogen-bond donors (Lipinski definition) is 0. The first kappa shape index (κ1) is 15.4. The van der Waals surface area contributed by atoms with E-state index in [2.05, 4.69) is 46.3 Å². The van der Waals surface area contributed by atoms with Crippen LogP contribution < -0.4 is 4.90 Å². The van der Waals surface area contributed by atoms with Crippen LogP contribution in [0.1, 0.15) is 23.2 Å². The molecule has 0 amide bonds. The summed E-state index contributed by atoms with van der Waals surface area (Å²) in [4.78, 5) is 6.83. The van der Waals surface area contributed by atoms with Crippen molar-refractivity contribution in [2.45, 2.75) is 18.4 Å². The van der Waals surface area contributed by atoms with Crippen molar-refractivity contribution in [3.8, 4) is 6.07 Å². The molecule has 1 aromatic heterocycles. The molecule has 2 heterocycles. The molecular formula is C22H19N3O. The minimum Gasteiger partial charge on any atom is -0.367 e. The molecule has 1 atom stereocenters. The first-order valence-corrected chi connectivity index (χ1v) is 9.06. The SMILES string of the molecule is N#Cc1cc(N2CCOC3(CCc4ccccc43)C2)c2ccccc2n1. The standard InChI is InChI=1S/C22H19N3O/c23-14-17-13-21(18-6-2-4-8-20(18)24-17)25-11-12-26-22(15-25)10-9-16-5-1-3-7-19(16)22/h1-8,13H,9-12,15H2. The molecule has 128 valence electrons. The normalized spacial score (nSPS) is 21.7. The lowest BCUT2D eigenvalue weighted by Crippen LogP contribution is -2.49. The Morgan fingerprint density at radius 3 is 2.88 bits per heavy atom. The fourth-order valence-corrected chi connectivity index (χ4v) is 4.43. The van der Waals surface area contributed by atoms with Gasteiger partial charge in [0.05, 0.1) is 18.7 Å². The van der Waals surface area contributed by atoms with Gasteiger partial charge in [-0.05, 0) is 36.1 Å². The molecule has 1 aliphatic carbocycles. The lowest BCUT2D eigenvalue weighted by Gasteiger charge is -2.42. The number of rotatable bonds is 1. The maximum Gasteiger partial charge on any atom is 0.143 e. The van der Waals surface area contributed by atoms with Crippen LogP contribution >= 0.6 is 0 Å². The van der Waals surface area contributed by atoms with Gasteiger partial charge in [0.25, 0.3) is 0 Å². The maximum atomic E-state index is 9.40. The van der Waals surface area contributed by atoms with Gasteiger partial charge < -0.3 is 9.64 Å². The Labute approximate surface area is 152 Å². The Hall–Kier alpha value is -2.90. The minimum atomic E-state index is -0.244. The van der Waals surface area contributed by atoms with Crippen LogP contribution in [0.5, 0.6) is 0 Å². The Bertz CT molecular complexity index is 1030. The van der Waals surface area contributed by atoms with Gasteiger partial charge in [-0.25, -0.2) is 4.98 Å². The lowest BCUT2D eigenvalue weighted by molar-refractivity contribution is -0.0591. The molecule has 3 aromatic rings. The molecule has 5 rings (SSSR count). The molecule has 26 heavy (non-hydrogen) atoms. The molecule has 0 saturated carbocycles. The molecule has 4 nitrogen and oxygen atoms in total. The van der Waals surface area contributed by atoms with Gasteiger partial charge in [-0.15, -0.1) is 0 Å². The van der Waals surface area contributed by atoms with E-state index >= 15 is 0 Å². The van der Waals surface area contributed by atoms with E-state index in [-0.39, 0.29) is 5.60 Å². The van der Waals surface area contributed by atoms with Crippen LogP contribution in [0, 0.1) is 11.3 Å². The Morgan fingerprint density at radius 1 is 1.12 bits per heavy atom. The van der Waals surface area contributed by atoms with Gasteiger partial charge in [0.15, 0.2) is 0 Å². The number of hydrogen-bond acceptors (Lipinski definition) is 4. The predicted molar refractivity (Wildman–Crippen MR) is 101 cm³/mol. The summed E-state index contributed by atoms with van der Waals surface area (Å²) in [5, 5.41) is 10.5. The molecule has 0 N–H and O–H groups in total. The van der Waals surface area contributed by atoms with E-state index in [0.29, 0.717) is 12.3 Å². The maximum absolute atomic E-state index is 9.40. The number of nitriles is 1. The summed E-state index contributed by atoms with van der Waals surface area (Å²) in [6.07, 6.45) is 2.07. The summed E-state index contributed by atoms with van der Waals surface area (Å²) in [5.41, 5.74) is 4.89. The highest BCUT2D eigenvalue weighted by atomic mass is 16.5. The summed E-state index contributed by atoms with van der Waals surface area (Å²) >= 11 is 0. The first-order chi connectivity index (χ1) is 12.8. The zero-order valence-electron chi connectivity index (χ0n) is 14.5. The molecular weight excluding hydrogens is 322 g/mol. The molecule has 1 saturated heterocycles. The van der Waals surface area contributed by atoms with Crippen molar-refractivity contribution in [3.63, 3.8) is 0 Å². The second-order valence-corrected chi connectivity index (χ2v) is 7.08. The average Bonchev–Trinajstić information content (AvgIpc) is 3.05. The number of pyridine rings is 1. The quantitative estimate of drug-likeness (QED) is 0.676. The second kappa shape index (κ2) is 5.82. The van der Waals surface area contributed by atoms with Crippen LogP contribution in [0.15, 0.2) is 54.6 Å². The third-order valence-electron chi connectivity index (χ3n) is 5.64. The predicted octanol–water partition coefficient (Wildman–Crippen LogP) is 3.78. The average molecular weight is 341 g/mol. The fourth-order valence-electron chi connectivity index (χ4n) is 4.43. The number of nitrogens with zero attached hydrogens (tertiary/aromatic N) is 3. The smallest absolute Gasteiger partial charge is 0.143 e. The number of para-hydroxylation sites is 1. The number of morpholine rings is 1. The summed E-state index contributed by atoms with van der Waals surface area (Å²) in [5.74, 6) is 0. The van der Waals surface area contributed by atoms with Crippen LogP contribution in [0.4, 0.5) is 5.69 Å². The van der Waals surface area contributed by atoms with Crippen LogP contribution in [0.25, 0.3) is 10.9 Å². The summed E-state index contributed by atoms with van der Waals surface area (Å²) in [6.45, 7) is 2.32. The number of anilines is 1. The molecule has 1 fully saturated rings. The van der Waals surface area contributed by atoms with Crippen LogP contribution in [-0.2, 0) is 16.8 Å². The van der Waals surface area contributed by atoms with E-state index in [9.17, 15) is 5.26 Å². The number of aryl methyl sites for hydroxylation is 1. The Kier molecular flexibility index (Phi) is 3.44. The highest BCUT2D eigenvalue weighted by molar-refractivity contribution is 5.92. The molecule has 2 aliphatic rings. The zero-order chi connectivity index (χ0) is 17.6.